The van der Waals surface area contributed by atoms with Crippen LogP contribution in [-0.2, 0) is 21.3 Å². The average molecular weight is 513 g/mol. The summed E-state index contributed by atoms with van der Waals surface area (Å²) >= 11 is 1.61. The number of anilines is 1. The Morgan fingerprint density at radius 3 is 2.46 bits per heavy atom. The van der Waals surface area contributed by atoms with Gasteiger partial charge in [0.25, 0.3) is 5.91 Å². The lowest BCUT2D eigenvalue weighted by Crippen LogP contribution is -2.35. The molecule has 0 atom stereocenters. The fraction of sp³-hybridized carbons (Fsp3) is 0.280. The number of carbonyl (C=O) groups is 1. The molecule has 10 heteroatoms. The summed E-state index contributed by atoms with van der Waals surface area (Å²) in [6.07, 6.45) is 1.63. The van der Waals surface area contributed by atoms with Crippen molar-refractivity contribution in [3.8, 4) is 0 Å². The standard InChI is InChI=1S/C25H28N4O4S2/c1-19-3-10-23(11-4-19)35(31,32)28(2)18-20-5-7-21(8-6-20)25(30)27-26-17-22-9-12-24(34-22)29-13-15-33-16-14-29/h3-12,17H,13-16,18H2,1-2H3,(H,27,30)/b26-17-. The summed E-state index contributed by atoms with van der Waals surface area (Å²) in [6, 6.07) is 17.6. The van der Waals surface area contributed by atoms with Crippen molar-refractivity contribution in [1.82, 2.24) is 9.73 Å². The highest BCUT2D eigenvalue weighted by molar-refractivity contribution is 7.89. The van der Waals surface area contributed by atoms with Gasteiger partial charge in [0, 0.05) is 37.1 Å². The SMILES string of the molecule is Cc1ccc(S(=O)(=O)N(C)Cc2ccc(C(=O)N/N=C\c3ccc(N4CCOCC4)s3)cc2)cc1. The van der Waals surface area contributed by atoms with Gasteiger partial charge >= 0.3 is 0 Å². The fourth-order valence-corrected chi connectivity index (χ4v) is 5.67. The Balaban J connectivity index is 1.31. The largest absolute Gasteiger partial charge is 0.378 e. The first-order valence-electron chi connectivity index (χ1n) is 11.2. The van der Waals surface area contributed by atoms with Crippen LogP contribution in [0.5, 0.6) is 0 Å². The molecule has 1 aliphatic heterocycles. The van der Waals surface area contributed by atoms with E-state index in [9.17, 15) is 13.2 Å². The number of nitrogens with one attached hydrogen (secondary N) is 1. The summed E-state index contributed by atoms with van der Waals surface area (Å²) in [4.78, 5) is 15.9. The van der Waals surface area contributed by atoms with E-state index in [1.807, 2.05) is 19.1 Å². The zero-order valence-electron chi connectivity index (χ0n) is 19.7. The Morgan fingerprint density at radius 1 is 1.09 bits per heavy atom. The van der Waals surface area contributed by atoms with Gasteiger partial charge in [-0.3, -0.25) is 4.79 Å². The molecule has 0 unspecified atom stereocenters. The molecule has 1 saturated heterocycles. The molecule has 0 bridgehead atoms. The first kappa shape index (κ1) is 25.1. The van der Waals surface area contributed by atoms with E-state index >= 15 is 0 Å². The molecule has 0 saturated carbocycles. The van der Waals surface area contributed by atoms with Crippen molar-refractivity contribution in [1.29, 1.82) is 0 Å². The van der Waals surface area contributed by atoms with E-state index in [4.69, 9.17) is 4.74 Å². The van der Waals surface area contributed by atoms with E-state index in [0.29, 0.717) is 5.56 Å². The van der Waals surface area contributed by atoms with Gasteiger partial charge in [0.05, 0.1) is 29.3 Å². The molecule has 0 radical (unpaired) electrons. The molecule has 1 fully saturated rings. The number of aryl methyl sites for hydroxylation is 1. The number of hydrogen-bond acceptors (Lipinski definition) is 7. The molecule has 1 N–H and O–H groups in total. The first-order chi connectivity index (χ1) is 16.8. The van der Waals surface area contributed by atoms with Gasteiger partial charge in [-0.15, -0.1) is 11.3 Å². The smallest absolute Gasteiger partial charge is 0.271 e. The summed E-state index contributed by atoms with van der Waals surface area (Å²) in [5.74, 6) is -0.335. The Bertz CT molecular complexity index is 1280. The third-order valence-corrected chi connectivity index (χ3v) is 8.54. The summed E-state index contributed by atoms with van der Waals surface area (Å²) < 4.78 is 32.3. The number of benzene rings is 2. The lowest BCUT2D eigenvalue weighted by molar-refractivity contribution is 0.0955. The lowest BCUT2D eigenvalue weighted by atomic mass is 10.1. The van der Waals surface area contributed by atoms with Crippen LogP contribution in [0.4, 0.5) is 5.00 Å². The molecule has 184 valence electrons. The molecule has 35 heavy (non-hydrogen) atoms. The maximum atomic E-state index is 12.8. The second-order valence-electron chi connectivity index (χ2n) is 8.25. The summed E-state index contributed by atoms with van der Waals surface area (Å²) in [7, 11) is -2.06. The maximum Gasteiger partial charge on any atom is 0.271 e. The average Bonchev–Trinajstić information content (AvgIpc) is 3.34. The molecule has 2 heterocycles. The van der Waals surface area contributed by atoms with Crippen molar-refractivity contribution in [2.45, 2.75) is 18.4 Å². The lowest BCUT2D eigenvalue weighted by Gasteiger charge is -2.27. The molecular weight excluding hydrogens is 484 g/mol. The minimum atomic E-state index is -3.60. The minimum absolute atomic E-state index is 0.195. The second kappa shape index (κ2) is 11.1. The molecule has 4 rings (SSSR count). The number of amides is 1. The highest BCUT2D eigenvalue weighted by atomic mass is 32.2. The number of rotatable bonds is 8. The number of thiophene rings is 1. The first-order valence-corrected chi connectivity index (χ1v) is 13.5. The number of sulfonamides is 1. The van der Waals surface area contributed by atoms with E-state index < -0.39 is 10.0 Å². The molecular formula is C25H28N4O4S2. The van der Waals surface area contributed by atoms with Gasteiger partial charge < -0.3 is 9.64 Å². The van der Waals surface area contributed by atoms with E-state index in [0.717, 1.165) is 47.3 Å². The van der Waals surface area contributed by atoms with Gasteiger partial charge in [0.2, 0.25) is 10.0 Å². The van der Waals surface area contributed by atoms with Crippen LogP contribution in [0.3, 0.4) is 0 Å². The zero-order valence-corrected chi connectivity index (χ0v) is 21.3. The molecule has 8 nitrogen and oxygen atoms in total. The van der Waals surface area contributed by atoms with E-state index in [1.54, 1.807) is 73.1 Å². The quantitative estimate of drug-likeness (QED) is 0.369. The molecule has 1 amide bonds. The number of hydrazone groups is 1. The van der Waals surface area contributed by atoms with Gasteiger partial charge in [-0.2, -0.15) is 9.41 Å². The number of ether oxygens (including phenoxy) is 1. The van der Waals surface area contributed by atoms with Crippen LogP contribution in [-0.4, -0.2) is 58.2 Å². The maximum absolute atomic E-state index is 12.8. The van der Waals surface area contributed by atoms with Crippen molar-refractivity contribution in [2.75, 3.05) is 38.3 Å². The van der Waals surface area contributed by atoms with Crippen molar-refractivity contribution < 1.29 is 17.9 Å². The highest BCUT2D eigenvalue weighted by Gasteiger charge is 2.21. The van der Waals surface area contributed by atoms with Gasteiger partial charge in [-0.25, -0.2) is 13.8 Å². The monoisotopic (exact) mass is 512 g/mol. The highest BCUT2D eigenvalue weighted by Crippen LogP contribution is 2.25. The van der Waals surface area contributed by atoms with Crippen LogP contribution in [0.15, 0.2) is 70.7 Å². The van der Waals surface area contributed by atoms with E-state index in [2.05, 4.69) is 15.4 Å². The van der Waals surface area contributed by atoms with Crippen LogP contribution in [0.2, 0.25) is 0 Å². The van der Waals surface area contributed by atoms with Crippen LogP contribution in [0.1, 0.15) is 26.4 Å². The van der Waals surface area contributed by atoms with Crippen molar-refractivity contribution in [3.05, 3.63) is 82.2 Å². The minimum Gasteiger partial charge on any atom is -0.378 e. The number of carbonyl (C=O) groups excluding carboxylic acids is 1. The predicted molar refractivity (Wildman–Crippen MR) is 139 cm³/mol. The van der Waals surface area contributed by atoms with Gasteiger partial charge in [-0.05, 0) is 48.9 Å². The molecule has 0 spiro atoms. The topological polar surface area (TPSA) is 91.3 Å². The third kappa shape index (κ3) is 6.34. The Labute approximate surface area is 209 Å². The summed E-state index contributed by atoms with van der Waals surface area (Å²) in [5, 5.41) is 5.23. The van der Waals surface area contributed by atoms with Crippen molar-refractivity contribution in [2.24, 2.45) is 5.10 Å². The normalized spacial score (nSPS) is 14.5. The van der Waals surface area contributed by atoms with Gasteiger partial charge in [-0.1, -0.05) is 29.8 Å². The van der Waals surface area contributed by atoms with Crippen LogP contribution in [0, 0.1) is 6.92 Å². The van der Waals surface area contributed by atoms with E-state index in [1.165, 1.54) is 4.31 Å². The number of morpholine rings is 1. The van der Waals surface area contributed by atoms with Crippen molar-refractivity contribution in [3.63, 3.8) is 0 Å². The van der Waals surface area contributed by atoms with Crippen molar-refractivity contribution >= 4 is 38.5 Å². The Morgan fingerprint density at radius 2 is 1.77 bits per heavy atom. The van der Waals surface area contributed by atoms with E-state index in [-0.39, 0.29) is 17.3 Å². The Kier molecular flexibility index (Phi) is 7.97. The summed E-state index contributed by atoms with van der Waals surface area (Å²) in [6.45, 7) is 5.31. The Hall–Kier alpha value is -3.05. The molecule has 2 aromatic carbocycles. The number of hydrogen-bond donors (Lipinski definition) is 1. The number of nitrogens with zero attached hydrogens (tertiary/aromatic N) is 3. The molecule has 3 aromatic rings. The second-order valence-corrected chi connectivity index (χ2v) is 11.4. The van der Waals surface area contributed by atoms with Crippen LogP contribution in [0.25, 0.3) is 0 Å². The van der Waals surface area contributed by atoms with Gasteiger partial charge in [0.15, 0.2) is 0 Å². The fourth-order valence-electron chi connectivity index (χ4n) is 3.58. The van der Waals surface area contributed by atoms with Crippen LogP contribution < -0.4 is 10.3 Å². The molecule has 0 aliphatic carbocycles. The summed E-state index contributed by atoms with van der Waals surface area (Å²) in [5.41, 5.74) is 4.76. The zero-order chi connectivity index (χ0) is 24.8. The third-order valence-electron chi connectivity index (χ3n) is 5.64. The van der Waals surface area contributed by atoms with Gasteiger partial charge in [0.1, 0.15) is 0 Å². The molecule has 1 aromatic heterocycles. The molecule has 1 aliphatic rings. The van der Waals surface area contributed by atoms with Crippen LogP contribution >= 0.6 is 11.3 Å². The predicted octanol–water partition coefficient (Wildman–Crippen LogP) is 3.48.